The van der Waals surface area contributed by atoms with Crippen molar-refractivity contribution in [2.75, 3.05) is 6.61 Å². The lowest BCUT2D eigenvalue weighted by Gasteiger charge is -2.24. The minimum atomic E-state index is -0.595. The molecule has 0 fully saturated rings. The molecule has 122 valence electrons. The zero-order valence-electron chi connectivity index (χ0n) is 13.4. The highest BCUT2D eigenvalue weighted by Gasteiger charge is 2.23. The van der Waals surface area contributed by atoms with E-state index < -0.39 is 17.7 Å². The second-order valence-electron chi connectivity index (χ2n) is 5.83. The quantitative estimate of drug-likeness (QED) is 0.638. The number of rotatable bonds is 5. The molecular weight excluding hydrogens is 304 g/mol. The molecule has 1 aromatic rings. The van der Waals surface area contributed by atoms with Gasteiger partial charge in [0.25, 0.3) is 0 Å². The summed E-state index contributed by atoms with van der Waals surface area (Å²) in [5.74, 6) is 0.00306. The van der Waals surface area contributed by atoms with E-state index in [9.17, 15) is 4.79 Å². The van der Waals surface area contributed by atoms with Gasteiger partial charge in [0.2, 0.25) is 5.90 Å². The molecule has 2 N–H and O–H groups in total. The van der Waals surface area contributed by atoms with Crippen molar-refractivity contribution in [2.45, 2.75) is 45.8 Å². The molecule has 22 heavy (non-hydrogen) atoms. The number of carbonyl (C=O) groups excluding carboxylic acids is 1. The Hall–Kier alpha value is -1.75. The Balaban J connectivity index is 2.77. The van der Waals surface area contributed by atoms with Gasteiger partial charge in [0.15, 0.2) is 0 Å². The van der Waals surface area contributed by atoms with Crippen molar-refractivity contribution in [3.63, 3.8) is 0 Å². The van der Waals surface area contributed by atoms with Crippen LogP contribution < -0.4 is 5.32 Å². The highest BCUT2D eigenvalue weighted by atomic mass is 35.5. The van der Waals surface area contributed by atoms with Crippen LogP contribution in [0.4, 0.5) is 4.79 Å². The highest BCUT2D eigenvalue weighted by Crippen LogP contribution is 2.13. The monoisotopic (exact) mass is 326 g/mol. The lowest BCUT2D eigenvalue weighted by atomic mass is 10.1. The third-order valence-electron chi connectivity index (χ3n) is 2.66. The van der Waals surface area contributed by atoms with Gasteiger partial charge in [0.05, 0.1) is 6.61 Å². The number of ether oxygens (including phenoxy) is 2. The van der Waals surface area contributed by atoms with Crippen molar-refractivity contribution in [3.05, 3.63) is 34.9 Å². The fourth-order valence-corrected chi connectivity index (χ4v) is 1.90. The fourth-order valence-electron chi connectivity index (χ4n) is 1.77. The van der Waals surface area contributed by atoms with Crippen LogP contribution in [0, 0.1) is 5.41 Å². The molecule has 1 amide bonds. The number of carbonyl (C=O) groups is 1. The average molecular weight is 327 g/mol. The van der Waals surface area contributed by atoms with E-state index in [0.717, 1.165) is 5.56 Å². The molecule has 0 radical (unpaired) electrons. The summed E-state index contributed by atoms with van der Waals surface area (Å²) < 4.78 is 10.4. The maximum Gasteiger partial charge on any atom is 0.408 e. The zero-order valence-corrected chi connectivity index (χ0v) is 14.2. The minimum Gasteiger partial charge on any atom is -0.480 e. The standard InChI is InChI=1S/C16H23ClN2O3/c1-5-21-14(18)13(19-15(20)22-16(2,3)4)10-11-6-8-12(17)9-7-11/h6-9,13,18H,5,10H2,1-4H3,(H,19,20)/t13-/m0/s1. The molecule has 0 heterocycles. The van der Waals surface area contributed by atoms with Crippen LogP contribution in [0.25, 0.3) is 0 Å². The molecule has 0 saturated heterocycles. The summed E-state index contributed by atoms with van der Waals surface area (Å²) in [4.78, 5) is 11.9. The van der Waals surface area contributed by atoms with Gasteiger partial charge in [-0.25, -0.2) is 4.79 Å². The number of nitrogens with one attached hydrogen (secondary N) is 2. The topological polar surface area (TPSA) is 71.4 Å². The van der Waals surface area contributed by atoms with Crippen LogP contribution in [0.3, 0.4) is 0 Å². The predicted molar refractivity (Wildman–Crippen MR) is 87.7 cm³/mol. The Morgan fingerprint density at radius 1 is 1.32 bits per heavy atom. The molecule has 1 aromatic carbocycles. The van der Waals surface area contributed by atoms with E-state index in [1.165, 1.54) is 0 Å². The Bertz CT molecular complexity index is 509. The second-order valence-corrected chi connectivity index (χ2v) is 6.26. The van der Waals surface area contributed by atoms with Gasteiger partial charge >= 0.3 is 6.09 Å². The maximum absolute atomic E-state index is 11.9. The maximum atomic E-state index is 11.9. The number of benzene rings is 1. The van der Waals surface area contributed by atoms with Crippen molar-refractivity contribution in [3.8, 4) is 0 Å². The lowest BCUT2D eigenvalue weighted by molar-refractivity contribution is 0.0512. The number of hydrogen-bond acceptors (Lipinski definition) is 4. The molecule has 0 aliphatic rings. The Labute approximate surface area is 136 Å². The normalized spacial score (nSPS) is 12.4. The number of amides is 1. The SMILES string of the molecule is CCOC(=N)[C@H](Cc1ccc(Cl)cc1)NC(=O)OC(C)(C)C. The molecule has 1 rings (SSSR count). The van der Waals surface area contributed by atoms with Crippen molar-refractivity contribution < 1.29 is 14.3 Å². The van der Waals surface area contributed by atoms with Crippen LogP contribution in [-0.2, 0) is 15.9 Å². The second kappa shape index (κ2) is 8.03. The van der Waals surface area contributed by atoms with Crippen LogP contribution in [0.5, 0.6) is 0 Å². The molecular formula is C16H23ClN2O3. The minimum absolute atomic E-state index is 0.00306. The average Bonchev–Trinajstić information content (AvgIpc) is 2.38. The van der Waals surface area contributed by atoms with E-state index >= 15 is 0 Å². The Morgan fingerprint density at radius 2 is 1.91 bits per heavy atom. The third kappa shape index (κ3) is 6.80. The van der Waals surface area contributed by atoms with Gasteiger partial charge in [-0.15, -0.1) is 0 Å². The summed E-state index contributed by atoms with van der Waals surface area (Å²) in [6.45, 7) is 7.52. The Morgan fingerprint density at radius 3 is 2.41 bits per heavy atom. The first-order valence-corrected chi connectivity index (χ1v) is 7.54. The van der Waals surface area contributed by atoms with Crippen molar-refractivity contribution in [1.29, 1.82) is 5.41 Å². The number of hydrogen-bond donors (Lipinski definition) is 2. The first-order valence-electron chi connectivity index (χ1n) is 7.16. The summed E-state index contributed by atoms with van der Waals surface area (Å²) in [6.07, 6.45) is -0.147. The van der Waals surface area contributed by atoms with Gasteiger partial charge in [0, 0.05) is 11.4 Å². The summed E-state index contributed by atoms with van der Waals surface area (Å²) in [5, 5.41) is 11.3. The Kier molecular flexibility index (Phi) is 6.68. The van der Waals surface area contributed by atoms with Crippen LogP contribution in [0.2, 0.25) is 5.02 Å². The molecule has 5 nitrogen and oxygen atoms in total. The molecule has 0 bridgehead atoms. The van der Waals surface area contributed by atoms with Gasteiger partial charge in [-0.1, -0.05) is 23.7 Å². The molecule has 0 spiro atoms. The molecule has 6 heteroatoms. The number of halogens is 1. The van der Waals surface area contributed by atoms with E-state index in [1.807, 2.05) is 12.1 Å². The molecule has 0 aromatic heterocycles. The first-order chi connectivity index (χ1) is 10.2. The van der Waals surface area contributed by atoms with Crippen LogP contribution in [0.15, 0.2) is 24.3 Å². The summed E-state index contributed by atoms with van der Waals surface area (Å²) >= 11 is 5.86. The fraction of sp³-hybridized carbons (Fsp3) is 0.500. The van der Waals surface area contributed by atoms with Crippen LogP contribution in [0.1, 0.15) is 33.3 Å². The van der Waals surface area contributed by atoms with Gasteiger partial charge in [-0.3, -0.25) is 5.41 Å². The van der Waals surface area contributed by atoms with E-state index in [1.54, 1.807) is 39.8 Å². The largest absolute Gasteiger partial charge is 0.480 e. The number of alkyl carbamates (subject to hydrolysis) is 1. The van der Waals surface area contributed by atoms with Gasteiger partial charge in [-0.05, 0) is 45.4 Å². The summed E-state index contributed by atoms with van der Waals surface area (Å²) in [6, 6.07) is 6.66. The lowest BCUT2D eigenvalue weighted by Crippen LogP contribution is -2.45. The summed E-state index contributed by atoms with van der Waals surface area (Å²) in [5.41, 5.74) is 0.345. The molecule has 0 aliphatic carbocycles. The molecule has 0 aliphatic heterocycles. The van der Waals surface area contributed by atoms with Crippen LogP contribution in [-0.4, -0.2) is 30.2 Å². The summed E-state index contributed by atoms with van der Waals surface area (Å²) in [7, 11) is 0. The van der Waals surface area contributed by atoms with Gasteiger partial charge in [-0.2, -0.15) is 0 Å². The molecule has 0 unspecified atom stereocenters. The highest BCUT2D eigenvalue weighted by molar-refractivity contribution is 6.30. The van der Waals surface area contributed by atoms with Crippen molar-refractivity contribution in [1.82, 2.24) is 5.32 Å². The van der Waals surface area contributed by atoms with E-state index in [0.29, 0.717) is 18.1 Å². The van der Waals surface area contributed by atoms with E-state index in [4.69, 9.17) is 26.5 Å². The first kappa shape index (κ1) is 18.3. The van der Waals surface area contributed by atoms with Crippen molar-refractivity contribution >= 4 is 23.6 Å². The third-order valence-corrected chi connectivity index (χ3v) is 2.91. The van der Waals surface area contributed by atoms with E-state index in [2.05, 4.69) is 5.32 Å². The predicted octanol–water partition coefficient (Wildman–Crippen LogP) is 3.79. The van der Waals surface area contributed by atoms with Crippen LogP contribution >= 0.6 is 11.6 Å². The van der Waals surface area contributed by atoms with Crippen molar-refractivity contribution in [2.24, 2.45) is 0 Å². The van der Waals surface area contributed by atoms with Gasteiger partial charge in [0.1, 0.15) is 11.6 Å². The molecule has 1 atom stereocenters. The zero-order chi connectivity index (χ0) is 16.8. The van der Waals surface area contributed by atoms with E-state index in [-0.39, 0.29) is 5.90 Å². The smallest absolute Gasteiger partial charge is 0.408 e. The van der Waals surface area contributed by atoms with Gasteiger partial charge < -0.3 is 14.8 Å². The molecule has 0 saturated carbocycles.